The van der Waals surface area contributed by atoms with Crippen molar-refractivity contribution >= 4 is 8.32 Å². The molecular weight excluding hydrogens is 364 g/mol. The zero-order chi connectivity index (χ0) is 20.1. The molecule has 2 atom stereocenters. The second kappa shape index (κ2) is 8.86. The molecule has 0 amide bonds. The third kappa shape index (κ3) is 5.19. The zero-order valence-corrected chi connectivity index (χ0v) is 18.4. The van der Waals surface area contributed by atoms with Crippen LogP contribution in [0.4, 0.5) is 0 Å². The van der Waals surface area contributed by atoms with Crippen LogP contribution >= 0.6 is 0 Å². The van der Waals surface area contributed by atoms with E-state index in [1.165, 1.54) is 5.56 Å². The lowest BCUT2D eigenvalue weighted by Crippen LogP contribution is -2.34. The second-order valence-corrected chi connectivity index (χ2v) is 12.7. The number of hydrogen-bond acceptors (Lipinski definition) is 4. The highest BCUT2D eigenvalue weighted by molar-refractivity contribution is 6.69. The lowest BCUT2D eigenvalue weighted by molar-refractivity contribution is 0.250. The number of nitrogens with zero attached hydrogens (tertiary/aromatic N) is 1. The van der Waals surface area contributed by atoms with Crippen molar-refractivity contribution in [2.24, 2.45) is 0 Å². The smallest absolute Gasteiger partial charge is 0.183 e. The normalized spacial score (nSPS) is 14.0. The van der Waals surface area contributed by atoms with Gasteiger partial charge in [0.1, 0.15) is 0 Å². The summed E-state index contributed by atoms with van der Waals surface area (Å²) in [5, 5.41) is 8.00. The van der Waals surface area contributed by atoms with E-state index in [-0.39, 0.29) is 12.1 Å². The molecule has 3 aromatic rings. The Labute approximate surface area is 169 Å². The molecule has 2 aromatic carbocycles. The summed E-state index contributed by atoms with van der Waals surface area (Å²) in [5.41, 5.74) is 4.28. The third-order valence-corrected chi connectivity index (χ3v) is 5.75. The van der Waals surface area contributed by atoms with E-state index in [1.54, 1.807) is 0 Å². The van der Waals surface area contributed by atoms with Crippen LogP contribution in [0.1, 0.15) is 35.8 Å². The summed E-state index contributed by atoms with van der Waals surface area (Å²) in [6.07, 6.45) is 0. The number of rotatable bonds is 8. The van der Waals surface area contributed by atoms with Crippen LogP contribution < -0.4 is 5.32 Å². The Morgan fingerprint density at radius 3 is 2.21 bits per heavy atom. The summed E-state index contributed by atoms with van der Waals surface area (Å²) >= 11 is 0. The summed E-state index contributed by atoms with van der Waals surface area (Å²) in [7, 11) is -1.62. The van der Waals surface area contributed by atoms with Crippen LogP contribution in [-0.4, -0.2) is 20.1 Å². The van der Waals surface area contributed by atoms with Crippen molar-refractivity contribution in [2.45, 2.75) is 45.6 Å². The monoisotopic (exact) mass is 394 g/mol. The lowest BCUT2D eigenvalue weighted by Gasteiger charge is -2.27. The summed E-state index contributed by atoms with van der Waals surface area (Å²) in [6, 6.07) is 20.8. The van der Waals surface area contributed by atoms with Gasteiger partial charge in [-0.3, -0.25) is 0 Å². The SMILES string of the molecule is Cc1noc(-c2ccccc2)c1[C@@H](C)N[C@H](CO[Si](C)(C)C)c1ccccc1. The van der Waals surface area contributed by atoms with E-state index in [9.17, 15) is 0 Å². The Bertz CT molecular complexity index is 873. The van der Waals surface area contributed by atoms with E-state index < -0.39 is 8.32 Å². The molecule has 0 unspecified atom stereocenters. The Hall–Kier alpha value is -2.21. The number of hydrogen-bond donors (Lipinski definition) is 1. The molecule has 0 aliphatic carbocycles. The predicted octanol–water partition coefficient (Wildman–Crippen LogP) is 5.89. The topological polar surface area (TPSA) is 47.3 Å². The fourth-order valence-electron chi connectivity index (χ4n) is 3.33. The van der Waals surface area contributed by atoms with Crippen LogP contribution in [0.15, 0.2) is 65.2 Å². The highest BCUT2D eigenvalue weighted by Gasteiger charge is 2.25. The number of benzene rings is 2. The van der Waals surface area contributed by atoms with E-state index in [0.717, 1.165) is 22.6 Å². The largest absolute Gasteiger partial charge is 0.416 e. The number of nitrogens with one attached hydrogen (secondary N) is 1. The molecule has 0 spiro atoms. The van der Waals surface area contributed by atoms with Crippen LogP contribution in [-0.2, 0) is 4.43 Å². The molecular formula is C23H30N2O2Si. The lowest BCUT2D eigenvalue weighted by atomic mass is 9.99. The molecule has 148 valence electrons. The average Bonchev–Trinajstić information content (AvgIpc) is 3.07. The van der Waals surface area contributed by atoms with Gasteiger partial charge in [0, 0.05) is 17.2 Å². The van der Waals surface area contributed by atoms with Gasteiger partial charge in [-0.15, -0.1) is 0 Å². The van der Waals surface area contributed by atoms with Crippen molar-refractivity contribution in [3.8, 4) is 11.3 Å². The molecule has 0 aliphatic heterocycles. The van der Waals surface area contributed by atoms with E-state index in [4.69, 9.17) is 8.95 Å². The minimum atomic E-state index is -1.62. The van der Waals surface area contributed by atoms with E-state index in [1.807, 2.05) is 31.2 Å². The first-order valence-corrected chi connectivity index (χ1v) is 13.2. The van der Waals surface area contributed by atoms with Crippen LogP contribution in [0.25, 0.3) is 11.3 Å². The molecule has 4 nitrogen and oxygen atoms in total. The van der Waals surface area contributed by atoms with Gasteiger partial charge in [-0.25, -0.2) is 0 Å². The molecule has 5 heteroatoms. The van der Waals surface area contributed by atoms with Crippen LogP contribution in [0.5, 0.6) is 0 Å². The van der Waals surface area contributed by atoms with Gasteiger partial charge in [0.15, 0.2) is 14.1 Å². The molecule has 1 N–H and O–H groups in total. The maximum absolute atomic E-state index is 6.25. The molecule has 0 aliphatic rings. The Kier molecular flexibility index (Phi) is 6.49. The van der Waals surface area contributed by atoms with Crippen LogP contribution in [0.2, 0.25) is 19.6 Å². The fraction of sp³-hybridized carbons (Fsp3) is 0.348. The maximum atomic E-state index is 6.25. The summed E-state index contributed by atoms with van der Waals surface area (Å²) in [4.78, 5) is 0. The van der Waals surface area contributed by atoms with Crippen molar-refractivity contribution in [1.29, 1.82) is 0 Å². The molecule has 0 fully saturated rings. The van der Waals surface area contributed by atoms with E-state index >= 15 is 0 Å². The molecule has 0 radical (unpaired) electrons. The number of aryl methyl sites for hydroxylation is 1. The van der Waals surface area contributed by atoms with E-state index in [0.29, 0.717) is 6.61 Å². The van der Waals surface area contributed by atoms with Crippen LogP contribution in [0.3, 0.4) is 0 Å². The van der Waals surface area contributed by atoms with E-state index in [2.05, 4.69) is 73.4 Å². The zero-order valence-electron chi connectivity index (χ0n) is 17.4. The third-order valence-electron chi connectivity index (χ3n) is 4.71. The molecule has 0 saturated carbocycles. The predicted molar refractivity (Wildman–Crippen MR) is 117 cm³/mol. The number of aromatic nitrogens is 1. The van der Waals surface area contributed by atoms with Crippen molar-refractivity contribution in [1.82, 2.24) is 10.5 Å². The maximum Gasteiger partial charge on any atom is 0.183 e. The van der Waals surface area contributed by atoms with Crippen LogP contribution in [0, 0.1) is 6.92 Å². The first-order valence-electron chi connectivity index (χ1n) is 9.81. The quantitative estimate of drug-likeness (QED) is 0.484. The van der Waals surface area contributed by atoms with Crippen molar-refractivity contribution in [2.75, 3.05) is 6.61 Å². The standard InChI is InChI=1S/C23H30N2O2Si/c1-17(22-18(2)25-27-23(22)20-14-10-7-11-15-20)24-21(16-26-28(3,4)5)19-12-8-6-9-13-19/h6-15,17,21,24H,16H2,1-5H3/t17-,21-/m1/s1. The second-order valence-electron chi connectivity index (χ2n) is 8.15. The Balaban J connectivity index is 1.86. The van der Waals surface area contributed by atoms with Gasteiger partial charge in [-0.1, -0.05) is 65.8 Å². The van der Waals surface area contributed by atoms with Crippen molar-refractivity contribution < 1.29 is 8.95 Å². The summed E-state index contributed by atoms with van der Waals surface area (Å²) in [5.74, 6) is 0.830. The Morgan fingerprint density at radius 1 is 1.00 bits per heavy atom. The molecule has 0 bridgehead atoms. The van der Waals surface area contributed by atoms with Crippen molar-refractivity contribution in [3.05, 3.63) is 77.5 Å². The van der Waals surface area contributed by atoms with Crippen molar-refractivity contribution in [3.63, 3.8) is 0 Å². The van der Waals surface area contributed by atoms with Gasteiger partial charge in [-0.2, -0.15) is 0 Å². The average molecular weight is 395 g/mol. The first-order chi connectivity index (χ1) is 13.3. The minimum Gasteiger partial charge on any atom is -0.416 e. The van der Waals surface area contributed by atoms with Gasteiger partial charge in [-0.05, 0) is 39.1 Å². The van der Waals surface area contributed by atoms with Gasteiger partial charge in [0.25, 0.3) is 0 Å². The van der Waals surface area contributed by atoms with Gasteiger partial charge < -0.3 is 14.3 Å². The van der Waals surface area contributed by atoms with Gasteiger partial charge in [0.2, 0.25) is 0 Å². The summed E-state index contributed by atoms with van der Waals surface area (Å²) in [6.45, 7) is 11.5. The van der Waals surface area contributed by atoms with Gasteiger partial charge in [0.05, 0.1) is 18.3 Å². The molecule has 3 rings (SSSR count). The molecule has 1 aromatic heterocycles. The first kappa shape index (κ1) is 20.5. The Morgan fingerprint density at radius 2 is 1.61 bits per heavy atom. The highest BCUT2D eigenvalue weighted by atomic mass is 28.4. The highest BCUT2D eigenvalue weighted by Crippen LogP contribution is 2.32. The fourth-order valence-corrected chi connectivity index (χ4v) is 4.00. The molecule has 28 heavy (non-hydrogen) atoms. The minimum absolute atomic E-state index is 0.0666. The summed E-state index contributed by atoms with van der Waals surface area (Å²) < 4.78 is 11.9. The molecule has 0 saturated heterocycles. The van der Waals surface area contributed by atoms with Gasteiger partial charge >= 0.3 is 0 Å². The molecule has 1 heterocycles.